The number of amides is 1. The van der Waals surface area contributed by atoms with Crippen molar-refractivity contribution in [3.8, 4) is 11.3 Å². The van der Waals surface area contributed by atoms with Crippen LogP contribution in [-0.2, 0) is 17.2 Å². The molecule has 4 rings (SSSR count). The van der Waals surface area contributed by atoms with Crippen molar-refractivity contribution >= 4 is 5.91 Å². The molecule has 8 heteroatoms. The predicted molar refractivity (Wildman–Crippen MR) is 104 cm³/mol. The Morgan fingerprint density at radius 3 is 2.76 bits per heavy atom. The van der Waals surface area contributed by atoms with Crippen molar-refractivity contribution in [3.63, 3.8) is 0 Å². The van der Waals surface area contributed by atoms with Crippen LogP contribution in [0.4, 0.5) is 4.39 Å². The molecule has 0 radical (unpaired) electrons. The Hall–Kier alpha value is -3.00. The summed E-state index contributed by atoms with van der Waals surface area (Å²) >= 11 is 0. The summed E-state index contributed by atoms with van der Waals surface area (Å²) in [7, 11) is 1.83. The van der Waals surface area contributed by atoms with Gasteiger partial charge in [-0.3, -0.25) is 9.48 Å². The number of aryl methyl sites for hydroxylation is 1. The van der Waals surface area contributed by atoms with Crippen LogP contribution in [0, 0.1) is 12.7 Å². The minimum absolute atomic E-state index is 0.180. The van der Waals surface area contributed by atoms with Crippen LogP contribution in [0.15, 0.2) is 41.1 Å². The molecular formula is C21H23FN4O3. The van der Waals surface area contributed by atoms with E-state index in [2.05, 4.69) is 15.6 Å². The predicted octanol–water partition coefficient (Wildman–Crippen LogP) is 3.00. The van der Waals surface area contributed by atoms with E-state index in [1.807, 2.05) is 20.0 Å². The zero-order chi connectivity index (χ0) is 20.4. The van der Waals surface area contributed by atoms with E-state index in [1.54, 1.807) is 29.1 Å². The molecular weight excluding hydrogens is 375 g/mol. The van der Waals surface area contributed by atoms with E-state index in [0.29, 0.717) is 43.9 Å². The van der Waals surface area contributed by atoms with Crippen molar-refractivity contribution in [3.05, 3.63) is 59.3 Å². The summed E-state index contributed by atoms with van der Waals surface area (Å²) in [4.78, 5) is 12.7. The third-order valence-corrected chi connectivity index (χ3v) is 5.73. The van der Waals surface area contributed by atoms with E-state index in [9.17, 15) is 9.18 Å². The molecule has 3 heterocycles. The van der Waals surface area contributed by atoms with E-state index in [1.165, 1.54) is 6.07 Å². The minimum atomic E-state index is -0.508. The first-order chi connectivity index (χ1) is 14.0. The van der Waals surface area contributed by atoms with Gasteiger partial charge in [0.05, 0.1) is 11.8 Å². The Kier molecular flexibility index (Phi) is 5.19. The Morgan fingerprint density at radius 1 is 1.31 bits per heavy atom. The summed E-state index contributed by atoms with van der Waals surface area (Å²) in [6.07, 6.45) is 2.94. The lowest BCUT2D eigenvalue weighted by atomic mass is 9.74. The zero-order valence-electron chi connectivity index (χ0n) is 16.4. The van der Waals surface area contributed by atoms with Crippen LogP contribution in [0.5, 0.6) is 0 Å². The number of benzene rings is 1. The van der Waals surface area contributed by atoms with Gasteiger partial charge in [0, 0.05) is 44.0 Å². The Labute approximate surface area is 167 Å². The molecule has 152 valence electrons. The molecule has 0 bridgehead atoms. The van der Waals surface area contributed by atoms with Gasteiger partial charge in [0.25, 0.3) is 5.91 Å². The van der Waals surface area contributed by atoms with Crippen molar-refractivity contribution in [2.75, 3.05) is 19.8 Å². The van der Waals surface area contributed by atoms with Gasteiger partial charge in [-0.25, -0.2) is 4.39 Å². The quantitative estimate of drug-likeness (QED) is 0.715. The Balaban J connectivity index is 1.52. The topological polar surface area (TPSA) is 82.2 Å². The lowest BCUT2D eigenvalue weighted by Crippen LogP contribution is -2.45. The fourth-order valence-electron chi connectivity index (χ4n) is 3.78. The molecule has 1 fully saturated rings. The first-order valence-corrected chi connectivity index (χ1v) is 9.57. The van der Waals surface area contributed by atoms with Crippen molar-refractivity contribution in [2.45, 2.75) is 25.2 Å². The molecule has 1 aromatic carbocycles. The molecule has 1 amide bonds. The maximum absolute atomic E-state index is 14.5. The van der Waals surface area contributed by atoms with E-state index in [0.717, 1.165) is 11.3 Å². The van der Waals surface area contributed by atoms with Crippen LogP contribution in [0.3, 0.4) is 0 Å². The number of rotatable bonds is 5. The molecule has 0 aliphatic carbocycles. The van der Waals surface area contributed by atoms with Crippen molar-refractivity contribution in [1.29, 1.82) is 0 Å². The highest BCUT2D eigenvalue weighted by molar-refractivity contribution is 5.93. The average Bonchev–Trinajstić information content (AvgIpc) is 3.34. The highest BCUT2D eigenvalue weighted by Gasteiger charge is 2.37. The van der Waals surface area contributed by atoms with Gasteiger partial charge in [0.15, 0.2) is 11.5 Å². The maximum Gasteiger partial charge on any atom is 0.273 e. The molecule has 0 saturated carbocycles. The van der Waals surface area contributed by atoms with Crippen LogP contribution in [0.2, 0.25) is 0 Å². The molecule has 1 aliphatic rings. The monoisotopic (exact) mass is 398 g/mol. The van der Waals surface area contributed by atoms with Crippen LogP contribution < -0.4 is 5.32 Å². The van der Waals surface area contributed by atoms with Gasteiger partial charge in [-0.2, -0.15) is 5.10 Å². The van der Waals surface area contributed by atoms with Crippen LogP contribution >= 0.6 is 0 Å². The highest BCUT2D eigenvalue weighted by Crippen LogP contribution is 2.36. The first-order valence-electron chi connectivity index (χ1n) is 9.57. The standard InChI is InChI=1S/C21H23FN4O3/c1-14-15(12-24-26(14)2)19-11-18(25-29-19)20(27)23-13-21(7-9-28-10-8-21)16-5-3-4-6-17(16)22/h3-6,11-12H,7-10,13H2,1-2H3,(H,23,27). The fraction of sp³-hybridized carbons (Fsp3) is 0.381. The minimum Gasteiger partial charge on any atom is -0.381 e. The number of ether oxygens (including phenoxy) is 1. The Morgan fingerprint density at radius 2 is 2.07 bits per heavy atom. The first kappa shape index (κ1) is 19.3. The van der Waals surface area contributed by atoms with Gasteiger partial charge in [0.1, 0.15) is 5.82 Å². The normalized spacial score (nSPS) is 16.0. The summed E-state index contributed by atoms with van der Waals surface area (Å²) in [6, 6.07) is 8.32. The summed E-state index contributed by atoms with van der Waals surface area (Å²) in [5.74, 6) is -0.140. The van der Waals surface area contributed by atoms with E-state index in [-0.39, 0.29) is 17.4 Å². The van der Waals surface area contributed by atoms with Gasteiger partial charge in [0.2, 0.25) is 0 Å². The number of hydrogen-bond donors (Lipinski definition) is 1. The number of halogens is 1. The van der Waals surface area contributed by atoms with E-state index >= 15 is 0 Å². The molecule has 7 nitrogen and oxygen atoms in total. The number of nitrogens with zero attached hydrogens (tertiary/aromatic N) is 3. The molecule has 29 heavy (non-hydrogen) atoms. The highest BCUT2D eigenvalue weighted by atomic mass is 19.1. The number of nitrogens with one attached hydrogen (secondary N) is 1. The summed E-state index contributed by atoms with van der Waals surface area (Å²) in [6.45, 7) is 3.26. The average molecular weight is 398 g/mol. The van der Waals surface area contributed by atoms with Gasteiger partial charge in [-0.15, -0.1) is 0 Å². The largest absolute Gasteiger partial charge is 0.381 e. The maximum atomic E-state index is 14.5. The second kappa shape index (κ2) is 7.79. The van der Waals surface area contributed by atoms with Gasteiger partial charge < -0.3 is 14.6 Å². The smallest absolute Gasteiger partial charge is 0.273 e. The number of carbonyl (C=O) groups excluding carboxylic acids is 1. The molecule has 1 aliphatic heterocycles. The third kappa shape index (κ3) is 3.67. The Bertz CT molecular complexity index is 1020. The summed E-state index contributed by atoms with van der Waals surface area (Å²) in [5, 5.41) is 11.0. The molecule has 2 aromatic heterocycles. The van der Waals surface area contributed by atoms with Crippen molar-refractivity contribution < 1.29 is 18.4 Å². The number of aromatic nitrogens is 3. The van der Waals surface area contributed by atoms with Crippen molar-refractivity contribution in [2.24, 2.45) is 7.05 Å². The molecule has 0 atom stereocenters. The molecule has 0 unspecified atom stereocenters. The molecule has 1 saturated heterocycles. The molecule has 3 aromatic rings. The van der Waals surface area contributed by atoms with Gasteiger partial charge in [-0.1, -0.05) is 23.4 Å². The second-order valence-electron chi connectivity index (χ2n) is 7.40. The lowest BCUT2D eigenvalue weighted by Gasteiger charge is -2.38. The molecule has 1 N–H and O–H groups in total. The third-order valence-electron chi connectivity index (χ3n) is 5.73. The van der Waals surface area contributed by atoms with Crippen LogP contribution in [0.1, 0.15) is 34.6 Å². The fourth-order valence-corrected chi connectivity index (χ4v) is 3.78. The van der Waals surface area contributed by atoms with E-state index in [4.69, 9.17) is 9.26 Å². The summed E-state index contributed by atoms with van der Waals surface area (Å²) in [5.41, 5.74) is 1.97. The van der Waals surface area contributed by atoms with Crippen LogP contribution in [0.25, 0.3) is 11.3 Å². The molecule has 0 spiro atoms. The number of hydrogen-bond acceptors (Lipinski definition) is 5. The summed E-state index contributed by atoms with van der Waals surface area (Å²) < 4.78 is 27.0. The van der Waals surface area contributed by atoms with Crippen LogP contribution in [-0.4, -0.2) is 40.6 Å². The number of carbonyl (C=O) groups is 1. The van der Waals surface area contributed by atoms with Crippen molar-refractivity contribution in [1.82, 2.24) is 20.3 Å². The SMILES string of the molecule is Cc1c(-c2cc(C(=O)NCC3(c4ccccc4F)CCOCC3)no2)cnn1C. The second-order valence-corrected chi connectivity index (χ2v) is 7.40. The van der Waals surface area contributed by atoms with E-state index < -0.39 is 5.41 Å². The van der Waals surface area contributed by atoms with Gasteiger partial charge >= 0.3 is 0 Å². The lowest BCUT2D eigenvalue weighted by molar-refractivity contribution is 0.0474. The van der Waals surface area contributed by atoms with Gasteiger partial charge in [-0.05, 0) is 31.4 Å². The zero-order valence-corrected chi connectivity index (χ0v) is 16.4.